The molecule has 0 atom stereocenters. The number of methoxy groups -OCH3 is 1. The molecule has 0 N–H and O–H groups in total. The van der Waals surface area contributed by atoms with Crippen molar-refractivity contribution in [3.8, 4) is 5.75 Å². The van der Waals surface area contributed by atoms with Gasteiger partial charge in [-0.2, -0.15) is 0 Å². The van der Waals surface area contributed by atoms with E-state index in [1.165, 1.54) is 18.4 Å². The minimum atomic E-state index is 0.750. The summed E-state index contributed by atoms with van der Waals surface area (Å²) in [5.74, 6) is 1.89. The van der Waals surface area contributed by atoms with Crippen LogP contribution in [0.1, 0.15) is 31.2 Å². The van der Waals surface area contributed by atoms with Crippen molar-refractivity contribution in [3.63, 3.8) is 0 Å². The fraction of sp³-hybridized carbons (Fsp3) is 0.381. The van der Waals surface area contributed by atoms with Crippen molar-refractivity contribution >= 4 is 22.6 Å². The zero-order chi connectivity index (χ0) is 18.5. The molecule has 1 aromatic heterocycles. The van der Waals surface area contributed by atoms with E-state index in [0.29, 0.717) is 0 Å². The number of imidazole rings is 1. The van der Waals surface area contributed by atoms with E-state index in [1.807, 2.05) is 30.3 Å². The van der Waals surface area contributed by atoms with Gasteiger partial charge in [-0.25, -0.2) is 4.98 Å². The third kappa shape index (κ3) is 4.37. The zero-order valence-corrected chi connectivity index (χ0v) is 16.5. The lowest BCUT2D eigenvalue weighted by molar-refractivity contribution is 0.309. The van der Waals surface area contributed by atoms with Crippen LogP contribution >= 0.6 is 11.6 Å². The van der Waals surface area contributed by atoms with Crippen LogP contribution in [-0.4, -0.2) is 35.2 Å². The largest absolute Gasteiger partial charge is 0.497 e. The summed E-state index contributed by atoms with van der Waals surface area (Å²) in [5.41, 5.74) is 3.25. The summed E-state index contributed by atoms with van der Waals surface area (Å²) < 4.78 is 7.64. The minimum Gasteiger partial charge on any atom is -0.497 e. The van der Waals surface area contributed by atoms with Gasteiger partial charge in [0, 0.05) is 17.6 Å². The first-order valence-corrected chi connectivity index (χ1v) is 9.44. The molecule has 0 aliphatic carbocycles. The van der Waals surface area contributed by atoms with Gasteiger partial charge < -0.3 is 9.30 Å². The molecule has 5 heteroatoms. The molecule has 26 heavy (non-hydrogen) atoms. The predicted molar refractivity (Wildman–Crippen MR) is 108 cm³/mol. The summed E-state index contributed by atoms with van der Waals surface area (Å²) in [6, 6.07) is 14.1. The Morgan fingerprint density at radius 3 is 2.77 bits per heavy atom. The number of nitrogens with zero attached hydrogens (tertiary/aromatic N) is 3. The molecular formula is C21H26ClN3O. The van der Waals surface area contributed by atoms with Crippen LogP contribution in [0.25, 0.3) is 11.0 Å². The number of ether oxygens (including phenoxy) is 1. The maximum Gasteiger partial charge on any atom is 0.124 e. The van der Waals surface area contributed by atoms with Crippen LogP contribution in [0.2, 0.25) is 5.02 Å². The molecule has 0 aliphatic rings. The molecule has 0 aliphatic heterocycles. The summed E-state index contributed by atoms with van der Waals surface area (Å²) >= 11 is 6.17. The first kappa shape index (κ1) is 18.7. The van der Waals surface area contributed by atoms with Crippen molar-refractivity contribution in [1.29, 1.82) is 0 Å². The molecule has 3 aromatic rings. The molecule has 0 saturated heterocycles. The first-order chi connectivity index (χ1) is 12.6. The minimum absolute atomic E-state index is 0.750. The number of aromatic nitrogens is 2. The Balaban J connectivity index is 1.97. The molecule has 138 valence electrons. The molecule has 4 nitrogen and oxygen atoms in total. The van der Waals surface area contributed by atoms with Gasteiger partial charge in [-0.3, -0.25) is 4.90 Å². The number of benzene rings is 2. The molecule has 0 spiro atoms. The molecular weight excluding hydrogens is 346 g/mol. The Morgan fingerprint density at radius 2 is 2.04 bits per heavy atom. The highest BCUT2D eigenvalue weighted by Crippen LogP contribution is 2.24. The van der Waals surface area contributed by atoms with Crippen LogP contribution < -0.4 is 4.74 Å². The monoisotopic (exact) mass is 371 g/mol. The Hall–Kier alpha value is -2.04. The average molecular weight is 372 g/mol. The van der Waals surface area contributed by atoms with E-state index in [1.54, 1.807) is 7.11 Å². The number of halogens is 1. The number of hydrogen-bond acceptors (Lipinski definition) is 3. The summed E-state index contributed by atoms with van der Waals surface area (Å²) in [4.78, 5) is 7.23. The summed E-state index contributed by atoms with van der Waals surface area (Å²) in [6.45, 7) is 4.85. The van der Waals surface area contributed by atoms with Crippen molar-refractivity contribution in [2.75, 3.05) is 20.7 Å². The van der Waals surface area contributed by atoms with Crippen molar-refractivity contribution < 1.29 is 4.74 Å². The van der Waals surface area contributed by atoms with Gasteiger partial charge in [0.25, 0.3) is 0 Å². The lowest BCUT2D eigenvalue weighted by Gasteiger charge is -2.17. The van der Waals surface area contributed by atoms with Crippen molar-refractivity contribution in [2.24, 2.45) is 0 Å². The maximum atomic E-state index is 6.17. The van der Waals surface area contributed by atoms with Gasteiger partial charge in [0.15, 0.2) is 0 Å². The van der Waals surface area contributed by atoms with E-state index in [-0.39, 0.29) is 0 Å². The van der Waals surface area contributed by atoms with Gasteiger partial charge in [-0.1, -0.05) is 37.1 Å². The van der Waals surface area contributed by atoms with E-state index in [9.17, 15) is 0 Å². The van der Waals surface area contributed by atoms with Crippen molar-refractivity contribution in [1.82, 2.24) is 14.5 Å². The van der Waals surface area contributed by atoms with Crippen LogP contribution in [-0.2, 0) is 13.1 Å². The molecule has 0 radical (unpaired) electrons. The number of rotatable bonds is 8. The van der Waals surface area contributed by atoms with E-state index < -0.39 is 0 Å². The second kappa shape index (κ2) is 8.56. The topological polar surface area (TPSA) is 30.3 Å². The molecule has 1 heterocycles. The third-order valence-electron chi connectivity index (χ3n) is 4.57. The Bertz CT molecular complexity index is 875. The van der Waals surface area contributed by atoms with Gasteiger partial charge >= 0.3 is 0 Å². The van der Waals surface area contributed by atoms with E-state index in [4.69, 9.17) is 21.3 Å². The molecule has 0 amide bonds. The van der Waals surface area contributed by atoms with Crippen molar-refractivity contribution in [3.05, 3.63) is 58.9 Å². The van der Waals surface area contributed by atoms with Crippen LogP contribution in [0.5, 0.6) is 5.75 Å². The van der Waals surface area contributed by atoms with E-state index in [2.05, 4.69) is 35.6 Å². The lowest BCUT2D eigenvalue weighted by Crippen LogP contribution is -2.21. The number of unbranched alkanes of at least 4 members (excludes halogenated alkanes) is 1. The van der Waals surface area contributed by atoms with Gasteiger partial charge in [-0.15, -0.1) is 0 Å². The number of hydrogen-bond donors (Lipinski definition) is 0. The second-order valence-electron chi connectivity index (χ2n) is 6.69. The third-order valence-corrected chi connectivity index (χ3v) is 4.80. The maximum absolute atomic E-state index is 6.17. The summed E-state index contributed by atoms with van der Waals surface area (Å²) in [7, 11) is 3.84. The van der Waals surface area contributed by atoms with Crippen LogP contribution in [0.3, 0.4) is 0 Å². The molecule has 0 fully saturated rings. The summed E-state index contributed by atoms with van der Waals surface area (Å²) in [6.07, 6.45) is 2.39. The average Bonchev–Trinajstić information content (AvgIpc) is 2.96. The van der Waals surface area contributed by atoms with Gasteiger partial charge in [0.1, 0.15) is 11.6 Å². The highest BCUT2D eigenvalue weighted by Gasteiger charge is 2.14. The van der Waals surface area contributed by atoms with Crippen LogP contribution in [0, 0.1) is 0 Å². The Morgan fingerprint density at radius 1 is 1.19 bits per heavy atom. The Labute approximate surface area is 160 Å². The van der Waals surface area contributed by atoms with E-state index >= 15 is 0 Å². The quantitative estimate of drug-likeness (QED) is 0.559. The fourth-order valence-corrected chi connectivity index (χ4v) is 3.36. The SMILES string of the molecule is CCCCN(C)Cc1nc2cc(OC)ccc2n1Cc1cccc(Cl)c1. The smallest absolute Gasteiger partial charge is 0.124 e. The van der Waals surface area contributed by atoms with Gasteiger partial charge in [0.05, 0.1) is 24.7 Å². The zero-order valence-electron chi connectivity index (χ0n) is 15.7. The van der Waals surface area contributed by atoms with Crippen molar-refractivity contribution in [2.45, 2.75) is 32.9 Å². The molecule has 0 bridgehead atoms. The lowest BCUT2D eigenvalue weighted by atomic mass is 10.2. The molecule has 2 aromatic carbocycles. The molecule has 3 rings (SSSR count). The highest BCUT2D eigenvalue weighted by atomic mass is 35.5. The Kier molecular flexibility index (Phi) is 6.17. The summed E-state index contributed by atoms with van der Waals surface area (Å²) in [5, 5.41) is 0.759. The normalized spacial score (nSPS) is 11.4. The standard InChI is InChI=1S/C21H26ClN3O/c1-4-5-11-24(2)15-21-23-19-13-18(26-3)9-10-20(19)25(21)14-16-7-6-8-17(22)12-16/h6-10,12-13H,4-5,11,14-15H2,1-3H3. The van der Waals surface area contributed by atoms with E-state index in [0.717, 1.165) is 47.3 Å². The van der Waals surface area contributed by atoms with Gasteiger partial charge in [0.2, 0.25) is 0 Å². The van der Waals surface area contributed by atoms with Gasteiger partial charge in [-0.05, 0) is 49.8 Å². The molecule has 0 saturated carbocycles. The van der Waals surface area contributed by atoms with Crippen LogP contribution in [0.4, 0.5) is 0 Å². The molecule has 0 unspecified atom stereocenters. The number of fused-ring (bicyclic) bond motifs is 1. The highest BCUT2D eigenvalue weighted by molar-refractivity contribution is 6.30. The van der Waals surface area contributed by atoms with Crippen LogP contribution in [0.15, 0.2) is 42.5 Å². The fourth-order valence-electron chi connectivity index (χ4n) is 3.15. The first-order valence-electron chi connectivity index (χ1n) is 9.07. The second-order valence-corrected chi connectivity index (χ2v) is 7.13. The predicted octanol–water partition coefficient (Wildman–Crippen LogP) is 4.98.